The maximum Gasteiger partial charge on any atom is 0.407 e. The predicted molar refractivity (Wildman–Crippen MR) is 236 cm³/mol. The number of aromatic amines is 2. The average molecular weight is 858 g/mol. The van der Waals surface area contributed by atoms with Crippen LogP contribution < -0.4 is 10.6 Å². The number of hydrogen-bond donors (Lipinski definition) is 4. The number of hydrogen-bond acceptors (Lipinski definition) is 9. The number of H-pyrrole nitrogens is 2. The molecule has 1 saturated carbocycles. The minimum atomic E-state index is -0.702. The number of rotatable bonds is 10. The molecule has 63 heavy (non-hydrogen) atoms. The normalized spacial score (nSPS) is 19.8. The van der Waals surface area contributed by atoms with Gasteiger partial charge in [0.1, 0.15) is 29.4 Å². The van der Waals surface area contributed by atoms with E-state index in [4.69, 9.17) is 19.4 Å². The van der Waals surface area contributed by atoms with Crippen LogP contribution in [0.15, 0.2) is 42.9 Å². The second-order valence-corrected chi connectivity index (χ2v) is 18.3. The number of carbonyl (C=O) groups is 4. The summed E-state index contributed by atoms with van der Waals surface area (Å²) in [5.41, 5.74) is 8.27. The van der Waals surface area contributed by atoms with Gasteiger partial charge in [-0.15, -0.1) is 0 Å². The molecule has 0 unspecified atom stereocenters. The summed E-state index contributed by atoms with van der Waals surface area (Å²) in [7, 11) is 2.59. The monoisotopic (exact) mass is 857 g/mol. The SMILES string of the molecule is COC(=O)N[C@H](C(=O)N1CCC[C@H]1c1ncc(C#Cc2cnc(-c3ccc(-c4cnc([C@@H]5CCCN5C(=O)[C@H](NC(=O)OC)C(C)C)[nH]4)cc3)c3c2CC2(CCCC2)C3)[nH]1)C(C)C. The zero-order chi connectivity index (χ0) is 44.4. The van der Waals surface area contributed by atoms with Crippen molar-refractivity contribution in [2.24, 2.45) is 17.3 Å². The molecular formula is C48H59N9O6. The van der Waals surface area contributed by atoms with Gasteiger partial charge in [0.05, 0.1) is 50.1 Å². The number of alkyl carbamates (subject to hydrolysis) is 2. The molecule has 1 spiro atoms. The number of imidazole rings is 2. The Morgan fingerprint density at radius 1 is 0.698 bits per heavy atom. The largest absolute Gasteiger partial charge is 0.453 e. The van der Waals surface area contributed by atoms with Crippen LogP contribution in [0.1, 0.15) is 125 Å². The minimum Gasteiger partial charge on any atom is -0.453 e. The Labute approximate surface area is 368 Å². The van der Waals surface area contributed by atoms with Crippen molar-refractivity contribution in [3.05, 3.63) is 76.9 Å². The zero-order valence-electron chi connectivity index (χ0n) is 37.2. The molecule has 4 aromatic rings. The highest BCUT2D eigenvalue weighted by molar-refractivity contribution is 5.87. The number of pyridine rings is 1. The molecule has 4 atom stereocenters. The van der Waals surface area contributed by atoms with Crippen LogP contribution >= 0.6 is 0 Å². The lowest BCUT2D eigenvalue weighted by Gasteiger charge is -2.30. The van der Waals surface area contributed by atoms with Gasteiger partial charge < -0.3 is 39.9 Å². The molecule has 15 heteroatoms. The summed E-state index contributed by atoms with van der Waals surface area (Å²) >= 11 is 0. The van der Waals surface area contributed by atoms with Gasteiger partial charge in [-0.25, -0.2) is 19.6 Å². The first-order valence-corrected chi connectivity index (χ1v) is 22.4. The van der Waals surface area contributed by atoms with E-state index < -0.39 is 24.3 Å². The fraction of sp³-hybridized carbons (Fsp3) is 0.521. The van der Waals surface area contributed by atoms with Gasteiger partial charge in [-0.2, -0.15) is 0 Å². The van der Waals surface area contributed by atoms with E-state index in [1.54, 1.807) is 11.1 Å². The molecule has 2 aliphatic heterocycles. The van der Waals surface area contributed by atoms with Crippen molar-refractivity contribution in [2.45, 2.75) is 116 Å². The summed E-state index contributed by atoms with van der Waals surface area (Å²) in [6, 6.07) is 6.58. The first-order valence-electron chi connectivity index (χ1n) is 22.4. The standard InChI is InChI=1S/C48H59N9O6/c1-28(2)39(54-46(60)62-5)44(58)56-21-9-11-37(56)42-50-26-33(52-42)18-17-32-25-49-41(35-24-48(23-34(32)35)19-7-8-20-48)31-15-13-30(14-16-31)36-27-51-43(53-36)38-12-10-22-57(38)45(59)40(29(3)4)55-47(61)63-6/h13-16,25-29,37-40H,7-12,19-24H2,1-6H3,(H,50,52)(H,51,53)(H,54,60)(H,55,61)/t37-,38-,39-,40+/m0/s1. The molecule has 0 radical (unpaired) electrons. The fourth-order valence-corrected chi connectivity index (χ4v) is 10.2. The van der Waals surface area contributed by atoms with Gasteiger partial charge in [-0.05, 0) is 91.2 Å². The van der Waals surface area contributed by atoms with Crippen molar-refractivity contribution in [1.82, 2.24) is 45.4 Å². The van der Waals surface area contributed by atoms with Crippen LogP contribution in [-0.4, -0.2) is 98.1 Å². The summed E-state index contributed by atoms with van der Waals surface area (Å²) in [6.07, 6.45) is 14.3. The van der Waals surface area contributed by atoms with Gasteiger partial charge in [0.15, 0.2) is 0 Å². The Bertz CT molecular complexity index is 2400. The van der Waals surface area contributed by atoms with Crippen molar-refractivity contribution >= 4 is 24.0 Å². The molecule has 5 heterocycles. The number of amides is 4. The van der Waals surface area contributed by atoms with E-state index in [1.165, 1.54) is 51.0 Å². The van der Waals surface area contributed by atoms with Crippen LogP contribution in [0.3, 0.4) is 0 Å². The number of nitrogens with zero attached hydrogens (tertiary/aromatic N) is 5. The molecule has 3 aromatic heterocycles. The van der Waals surface area contributed by atoms with Gasteiger partial charge in [0, 0.05) is 30.4 Å². The van der Waals surface area contributed by atoms with Gasteiger partial charge in [-0.1, -0.05) is 70.7 Å². The fourth-order valence-electron chi connectivity index (χ4n) is 10.2. The number of benzene rings is 1. The molecule has 4 aliphatic rings. The highest BCUT2D eigenvalue weighted by Crippen LogP contribution is 2.51. The van der Waals surface area contributed by atoms with E-state index >= 15 is 0 Å². The van der Waals surface area contributed by atoms with E-state index in [9.17, 15) is 19.2 Å². The Morgan fingerprint density at radius 2 is 1.24 bits per heavy atom. The highest BCUT2D eigenvalue weighted by atomic mass is 16.5. The Kier molecular flexibility index (Phi) is 12.6. The number of fused-ring (bicyclic) bond motifs is 1. The molecule has 1 aromatic carbocycles. The summed E-state index contributed by atoms with van der Waals surface area (Å²) < 4.78 is 9.57. The number of carbonyl (C=O) groups excluding carboxylic acids is 4. The van der Waals surface area contributed by atoms with Crippen LogP contribution in [0.5, 0.6) is 0 Å². The van der Waals surface area contributed by atoms with Crippen molar-refractivity contribution in [3.63, 3.8) is 0 Å². The Morgan fingerprint density at radius 3 is 1.81 bits per heavy atom. The first kappa shape index (κ1) is 43.5. The second-order valence-electron chi connectivity index (χ2n) is 18.3. The average Bonchev–Trinajstić information content (AvgIpc) is 4.14. The van der Waals surface area contributed by atoms with Crippen LogP contribution in [0.4, 0.5) is 9.59 Å². The lowest BCUT2D eigenvalue weighted by molar-refractivity contribution is -0.136. The lowest BCUT2D eigenvalue weighted by atomic mass is 9.83. The number of methoxy groups -OCH3 is 2. The van der Waals surface area contributed by atoms with E-state index in [2.05, 4.69) is 61.7 Å². The summed E-state index contributed by atoms with van der Waals surface area (Å²) in [5.74, 6) is 7.68. The molecule has 332 valence electrons. The third-order valence-corrected chi connectivity index (χ3v) is 13.5. The topological polar surface area (TPSA) is 188 Å². The molecule has 4 amide bonds. The molecule has 0 bridgehead atoms. The second kappa shape index (κ2) is 18.3. The highest BCUT2D eigenvalue weighted by Gasteiger charge is 2.42. The molecule has 4 N–H and O–H groups in total. The minimum absolute atomic E-state index is 0.110. The van der Waals surface area contributed by atoms with Crippen LogP contribution in [0.25, 0.3) is 22.5 Å². The smallest absolute Gasteiger partial charge is 0.407 e. The Balaban J connectivity index is 1.00. The number of nitrogens with one attached hydrogen (secondary N) is 4. The quantitative estimate of drug-likeness (QED) is 0.122. The molecule has 2 aliphatic carbocycles. The van der Waals surface area contributed by atoms with E-state index in [-0.39, 0.29) is 41.1 Å². The van der Waals surface area contributed by atoms with Gasteiger partial charge >= 0.3 is 12.2 Å². The van der Waals surface area contributed by atoms with E-state index in [0.717, 1.165) is 72.4 Å². The van der Waals surface area contributed by atoms with E-state index in [1.807, 2.05) is 45.0 Å². The zero-order valence-corrected chi connectivity index (χ0v) is 37.2. The lowest BCUT2D eigenvalue weighted by Crippen LogP contribution is -2.51. The van der Waals surface area contributed by atoms with Crippen molar-refractivity contribution in [1.29, 1.82) is 0 Å². The number of aromatic nitrogens is 5. The predicted octanol–water partition coefficient (Wildman–Crippen LogP) is 7.01. The third-order valence-electron chi connectivity index (χ3n) is 13.5. The van der Waals surface area contributed by atoms with Crippen molar-refractivity contribution in [3.8, 4) is 34.4 Å². The summed E-state index contributed by atoms with van der Waals surface area (Å²) in [5, 5.41) is 5.42. The molecule has 15 nitrogen and oxygen atoms in total. The summed E-state index contributed by atoms with van der Waals surface area (Å²) in [6.45, 7) is 8.80. The molecule has 8 rings (SSSR count). The van der Waals surface area contributed by atoms with Crippen molar-refractivity contribution < 1.29 is 28.7 Å². The molecular weight excluding hydrogens is 799 g/mol. The van der Waals surface area contributed by atoms with Crippen LogP contribution in [-0.2, 0) is 31.9 Å². The van der Waals surface area contributed by atoms with Crippen LogP contribution in [0, 0.1) is 29.1 Å². The van der Waals surface area contributed by atoms with E-state index in [0.29, 0.717) is 24.6 Å². The van der Waals surface area contributed by atoms with Crippen LogP contribution in [0.2, 0.25) is 0 Å². The first-order chi connectivity index (χ1) is 30.4. The molecule has 2 saturated heterocycles. The summed E-state index contributed by atoms with van der Waals surface area (Å²) in [4.78, 5) is 76.4. The van der Waals surface area contributed by atoms with Gasteiger partial charge in [0.25, 0.3) is 0 Å². The maximum absolute atomic E-state index is 13.7. The van der Waals surface area contributed by atoms with Gasteiger partial charge in [-0.3, -0.25) is 14.6 Å². The van der Waals surface area contributed by atoms with Crippen molar-refractivity contribution in [2.75, 3.05) is 27.3 Å². The van der Waals surface area contributed by atoms with Gasteiger partial charge in [0.2, 0.25) is 11.8 Å². The number of ether oxygens (including phenoxy) is 2. The maximum atomic E-state index is 13.7. The third kappa shape index (κ3) is 8.90. The molecule has 3 fully saturated rings. The number of likely N-dealkylation sites (tertiary alicyclic amines) is 2. The Hall–Kier alpha value is -6.17.